The number of halogens is 5. The fourth-order valence-corrected chi connectivity index (χ4v) is 6.56. The van der Waals surface area contributed by atoms with E-state index in [4.69, 9.17) is 0 Å². The van der Waals surface area contributed by atoms with Gasteiger partial charge in [0.2, 0.25) is 11.8 Å². The first-order valence-electron chi connectivity index (χ1n) is 13.4. The second-order valence-corrected chi connectivity index (χ2v) is 11.4. The largest absolute Gasteiger partial charge is 0.399 e. The van der Waals surface area contributed by atoms with Crippen molar-refractivity contribution in [2.24, 2.45) is 5.41 Å². The van der Waals surface area contributed by atoms with Crippen LogP contribution >= 0.6 is 0 Å². The molecular formula is C27H28F5N5O3. The molecule has 1 saturated carbocycles. The number of hydrogen-bond acceptors (Lipinski definition) is 4. The molecule has 2 N–H and O–H groups in total. The first-order chi connectivity index (χ1) is 18.9. The smallest absolute Gasteiger partial charge is 0.329 e. The Kier molecular flexibility index (Phi) is 6.19. The van der Waals surface area contributed by atoms with Crippen LogP contribution in [0.2, 0.25) is 0 Å². The second kappa shape index (κ2) is 9.27. The van der Waals surface area contributed by atoms with E-state index in [1.165, 1.54) is 27.8 Å². The monoisotopic (exact) mass is 565 g/mol. The summed E-state index contributed by atoms with van der Waals surface area (Å²) in [6.45, 7) is 0.422. The molecule has 8 nitrogen and oxygen atoms in total. The molecule has 0 radical (unpaired) electrons. The van der Waals surface area contributed by atoms with Gasteiger partial charge in [-0.2, -0.15) is 13.2 Å². The number of imidazole rings is 1. The summed E-state index contributed by atoms with van der Waals surface area (Å²) in [4.78, 5) is 43.1. The van der Waals surface area contributed by atoms with Gasteiger partial charge in [-0.25, -0.2) is 18.6 Å². The van der Waals surface area contributed by atoms with Crippen LogP contribution < -0.4 is 10.6 Å². The van der Waals surface area contributed by atoms with Gasteiger partial charge in [-0.3, -0.25) is 14.9 Å². The van der Waals surface area contributed by atoms with Crippen molar-refractivity contribution in [2.75, 3.05) is 13.1 Å². The number of nitrogens with zero attached hydrogens (tertiary/aromatic N) is 3. The van der Waals surface area contributed by atoms with Gasteiger partial charge in [0.25, 0.3) is 0 Å². The lowest BCUT2D eigenvalue weighted by atomic mass is 9.77. The number of carbonyl (C=O) groups is 3. The number of piperidine rings is 1. The maximum Gasteiger partial charge on any atom is 0.399 e. The topological polar surface area (TPSA) is 96.3 Å². The van der Waals surface area contributed by atoms with Crippen LogP contribution in [0.1, 0.15) is 74.0 Å². The Balaban J connectivity index is 1.27. The van der Waals surface area contributed by atoms with E-state index in [9.17, 15) is 36.3 Å². The highest BCUT2D eigenvalue weighted by Gasteiger charge is 2.66. The molecule has 2 atom stereocenters. The van der Waals surface area contributed by atoms with Crippen LogP contribution in [0.25, 0.3) is 0 Å². The van der Waals surface area contributed by atoms with Gasteiger partial charge in [0.05, 0.1) is 17.2 Å². The van der Waals surface area contributed by atoms with Crippen molar-refractivity contribution in [3.8, 4) is 0 Å². The molecule has 3 aliphatic heterocycles. The lowest BCUT2D eigenvalue weighted by Gasteiger charge is -2.37. The Morgan fingerprint density at radius 2 is 1.80 bits per heavy atom. The normalized spacial score (nSPS) is 25.4. The molecule has 4 aliphatic rings. The third-order valence-electron chi connectivity index (χ3n) is 9.15. The number of alkyl halides is 3. The fourth-order valence-electron chi connectivity index (χ4n) is 6.56. The number of carbonyl (C=O) groups excluding carboxylic acids is 3. The van der Waals surface area contributed by atoms with Crippen molar-refractivity contribution in [3.63, 3.8) is 0 Å². The molecule has 40 heavy (non-hydrogen) atoms. The molecule has 1 aromatic heterocycles. The number of rotatable bonds is 3. The van der Waals surface area contributed by atoms with Gasteiger partial charge in [0.1, 0.15) is 11.2 Å². The van der Waals surface area contributed by atoms with Crippen molar-refractivity contribution < 1.29 is 36.3 Å². The number of fused-ring (bicyclic) bond motifs is 1. The number of likely N-dealkylation sites (tertiary alicyclic amines) is 1. The third kappa shape index (κ3) is 4.24. The minimum absolute atomic E-state index is 0.0326. The Labute approximate surface area is 226 Å². The zero-order valence-electron chi connectivity index (χ0n) is 21.5. The molecule has 6 rings (SSSR count). The number of imide groups is 1. The van der Waals surface area contributed by atoms with E-state index in [-0.39, 0.29) is 80.6 Å². The average Bonchev–Trinajstić information content (AvgIpc) is 3.59. The van der Waals surface area contributed by atoms with E-state index in [2.05, 4.69) is 15.6 Å². The quantitative estimate of drug-likeness (QED) is 0.431. The van der Waals surface area contributed by atoms with Crippen LogP contribution in [-0.2, 0) is 21.5 Å². The molecule has 1 spiro atoms. The molecule has 1 aliphatic carbocycles. The summed E-state index contributed by atoms with van der Waals surface area (Å²) in [5.74, 6) is -3.13. The number of amides is 4. The van der Waals surface area contributed by atoms with Crippen LogP contribution in [0.4, 0.5) is 26.7 Å². The first-order valence-corrected chi connectivity index (χ1v) is 13.4. The zero-order chi connectivity index (χ0) is 28.4. The number of nitrogens with one attached hydrogen (secondary N) is 2. The minimum atomic E-state index is -4.51. The average molecular weight is 566 g/mol. The maximum absolute atomic E-state index is 14.8. The highest BCUT2D eigenvalue weighted by molar-refractivity contribution is 6.06. The summed E-state index contributed by atoms with van der Waals surface area (Å²) in [6.07, 6.45) is -2.26. The molecule has 13 heteroatoms. The van der Waals surface area contributed by atoms with Crippen molar-refractivity contribution >= 4 is 17.8 Å². The first kappa shape index (κ1) is 26.7. The van der Waals surface area contributed by atoms with E-state index >= 15 is 0 Å². The van der Waals surface area contributed by atoms with Gasteiger partial charge in [-0.05, 0) is 50.2 Å². The summed E-state index contributed by atoms with van der Waals surface area (Å²) in [6, 6.07) is 2.56. The predicted molar refractivity (Wildman–Crippen MR) is 130 cm³/mol. The van der Waals surface area contributed by atoms with Crippen molar-refractivity contribution in [3.05, 3.63) is 53.1 Å². The molecule has 214 valence electrons. The van der Waals surface area contributed by atoms with Gasteiger partial charge < -0.3 is 14.8 Å². The summed E-state index contributed by atoms with van der Waals surface area (Å²) < 4.78 is 72.6. The fraction of sp³-hybridized carbons (Fsp3) is 0.556. The molecule has 0 bridgehead atoms. The SMILES string of the molecule is O=C1CC2(CCN(C(=O)N[C@@H]3CC[C@@H](c4cccc(F)c4F)Cn4c(C5(C(F)(F)F)CC5)cnc43)CC2)C(=O)N1. The van der Waals surface area contributed by atoms with Crippen LogP contribution in [0.3, 0.4) is 0 Å². The van der Waals surface area contributed by atoms with Crippen LogP contribution in [0.15, 0.2) is 24.4 Å². The van der Waals surface area contributed by atoms with Gasteiger partial charge in [0, 0.05) is 38.2 Å². The van der Waals surface area contributed by atoms with Gasteiger partial charge in [-0.15, -0.1) is 0 Å². The summed E-state index contributed by atoms with van der Waals surface area (Å²) in [7, 11) is 0. The number of aromatic nitrogens is 2. The van der Waals surface area contributed by atoms with Gasteiger partial charge in [-0.1, -0.05) is 12.1 Å². The van der Waals surface area contributed by atoms with Gasteiger partial charge >= 0.3 is 12.2 Å². The lowest BCUT2D eigenvalue weighted by molar-refractivity contribution is -0.162. The summed E-state index contributed by atoms with van der Waals surface area (Å²) in [5.41, 5.74) is -2.84. The molecule has 2 saturated heterocycles. The molecule has 4 amide bonds. The van der Waals surface area contributed by atoms with Crippen molar-refractivity contribution in [1.29, 1.82) is 0 Å². The molecule has 4 heterocycles. The second-order valence-electron chi connectivity index (χ2n) is 11.4. The Bertz CT molecular complexity index is 1380. The summed E-state index contributed by atoms with van der Waals surface area (Å²) >= 11 is 0. The molecule has 2 aromatic rings. The van der Waals surface area contributed by atoms with Crippen LogP contribution in [0.5, 0.6) is 0 Å². The molecule has 3 fully saturated rings. The lowest BCUT2D eigenvalue weighted by Crippen LogP contribution is -2.50. The number of urea groups is 1. The standard InChI is InChI=1S/C27H28F5N5O3/c28-17-3-1-2-16(21(17)29)15-4-5-18(22-33-13-19(37(22)14-15)26(6-7-26)27(30,31)32)34-24(40)36-10-8-25(9-11-36)12-20(38)35-23(25)39/h1-3,13,15,18H,4-12,14H2,(H,34,40)(H,35,38,39)/t15-,18-/m1/s1. The van der Waals surface area contributed by atoms with Crippen molar-refractivity contribution in [1.82, 2.24) is 25.1 Å². The van der Waals surface area contributed by atoms with E-state index in [1.54, 1.807) is 0 Å². The Hall–Kier alpha value is -3.51. The Morgan fingerprint density at radius 3 is 2.42 bits per heavy atom. The van der Waals surface area contributed by atoms with E-state index in [0.29, 0.717) is 12.8 Å². The van der Waals surface area contributed by atoms with Gasteiger partial charge in [0.15, 0.2) is 11.6 Å². The highest BCUT2D eigenvalue weighted by Crippen LogP contribution is 2.59. The molecule has 0 unspecified atom stereocenters. The van der Waals surface area contributed by atoms with E-state index < -0.39 is 46.6 Å². The van der Waals surface area contributed by atoms with E-state index in [1.807, 2.05) is 0 Å². The predicted octanol–water partition coefficient (Wildman–Crippen LogP) is 4.21. The Morgan fingerprint density at radius 1 is 1.07 bits per heavy atom. The molecule has 1 aromatic carbocycles. The maximum atomic E-state index is 14.8. The highest BCUT2D eigenvalue weighted by atomic mass is 19.4. The third-order valence-corrected chi connectivity index (χ3v) is 9.15. The zero-order valence-corrected chi connectivity index (χ0v) is 21.5. The van der Waals surface area contributed by atoms with Crippen LogP contribution in [0, 0.1) is 17.0 Å². The summed E-state index contributed by atoms with van der Waals surface area (Å²) in [5, 5.41) is 5.21. The van der Waals surface area contributed by atoms with E-state index in [0.717, 1.165) is 6.07 Å². The van der Waals surface area contributed by atoms with Crippen molar-refractivity contribution in [2.45, 2.75) is 75.0 Å². The molecular weight excluding hydrogens is 537 g/mol. The van der Waals surface area contributed by atoms with Crippen LogP contribution in [-0.4, -0.2) is 51.6 Å². The minimum Gasteiger partial charge on any atom is -0.329 e. The number of hydrogen-bond donors (Lipinski definition) is 2. The number of benzene rings is 1.